The Morgan fingerprint density at radius 2 is 1.93 bits per heavy atom. The number of nitrogens with zero attached hydrogens (tertiary/aromatic N) is 3. The molecule has 0 saturated heterocycles. The highest BCUT2D eigenvalue weighted by Gasteiger charge is 2.38. The summed E-state index contributed by atoms with van der Waals surface area (Å²) >= 11 is 0. The van der Waals surface area contributed by atoms with E-state index in [4.69, 9.17) is 11.5 Å². The number of aliphatic imine (C=N–C) groups is 1. The molecule has 1 aliphatic heterocycles. The lowest BCUT2D eigenvalue weighted by molar-refractivity contribution is -0.140. The highest BCUT2D eigenvalue weighted by atomic mass is 19.4. The maximum Gasteiger partial charge on any atom is 0.419 e. The van der Waals surface area contributed by atoms with E-state index in [1.54, 1.807) is 0 Å². The number of aliphatic carboxylic acids is 1. The normalized spacial score (nSPS) is 17.0. The quantitative estimate of drug-likeness (QED) is 0.259. The zero-order valence-corrected chi connectivity index (χ0v) is 20.4. The topological polar surface area (TPSA) is 178 Å². The van der Waals surface area contributed by atoms with Crippen LogP contribution in [-0.4, -0.2) is 57.9 Å². The number of hydrogen-bond acceptors (Lipinski definition) is 7. The summed E-state index contributed by atoms with van der Waals surface area (Å²) in [5.74, 6) is -6.53. The van der Waals surface area contributed by atoms with E-state index in [0.717, 1.165) is 10.7 Å². The molecule has 2 amide bonds. The van der Waals surface area contributed by atoms with Crippen LogP contribution in [0.5, 0.6) is 0 Å². The van der Waals surface area contributed by atoms with Gasteiger partial charge in [-0.1, -0.05) is 6.07 Å². The van der Waals surface area contributed by atoms with Gasteiger partial charge in [0, 0.05) is 16.9 Å². The molecule has 4 rings (SSSR count). The Bertz CT molecular complexity index is 1520. The summed E-state index contributed by atoms with van der Waals surface area (Å²) in [5, 5.41) is 19.5. The van der Waals surface area contributed by atoms with Gasteiger partial charge in [-0.25, -0.2) is 13.8 Å². The van der Waals surface area contributed by atoms with Crippen LogP contribution in [0.1, 0.15) is 39.9 Å². The standard InChI is InChI=1S/C24H22F5N7O4/c25-12-7-32-23(33-8-12)35-17-4-11(21(30)39)5-18-14(17)9-34-36(18)20(22(31)40)13(6-19(37)38)10-1-2-16(26)15(3-10)24(27,28)29/h1-5,9,12-13,20H,6-8H2,(H2,30,39)(H2,31,40)(H,37,38)(H2,32,33,35)/t13-,20?/m0/s1. The van der Waals surface area contributed by atoms with Gasteiger partial charge in [-0.2, -0.15) is 18.3 Å². The van der Waals surface area contributed by atoms with Crippen LogP contribution in [-0.2, 0) is 15.8 Å². The van der Waals surface area contributed by atoms with Crippen molar-refractivity contribution in [3.63, 3.8) is 0 Å². The van der Waals surface area contributed by atoms with E-state index in [1.807, 2.05) is 0 Å². The molecule has 0 spiro atoms. The van der Waals surface area contributed by atoms with Crippen LogP contribution in [0.15, 0.2) is 41.5 Å². The third-order valence-corrected chi connectivity index (χ3v) is 6.25. The minimum absolute atomic E-state index is 0.0379. The maximum atomic E-state index is 14.0. The summed E-state index contributed by atoms with van der Waals surface area (Å²) < 4.78 is 68.7. The molecule has 0 radical (unpaired) electrons. The number of guanidine groups is 1. The number of benzene rings is 2. The Labute approximate surface area is 222 Å². The van der Waals surface area contributed by atoms with Gasteiger partial charge in [-0.05, 0) is 29.8 Å². The molecule has 1 aromatic heterocycles. The summed E-state index contributed by atoms with van der Waals surface area (Å²) in [6, 6.07) is 2.73. The van der Waals surface area contributed by atoms with Crippen LogP contribution in [0.4, 0.5) is 27.6 Å². The van der Waals surface area contributed by atoms with Crippen molar-refractivity contribution >= 4 is 40.3 Å². The number of hydrogen-bond donors (Lipinski definition) is 5. The Balaban J connectivity index is 1.89. The summed E-state index contributed by atoms with van der Waals surface area (Å²) in [5.41, 5.74) is 9.24. The van der Waals surface area contributed by atoms with Crippen LogP contribution >= 0.6 is 0 Å². The van der Waals surface area contributed by atoms with Gasteiger partial charge in [-0.3, -0.25) is 19.1 Å². The molecule has 0 aliphatic carbocycles. The smallest absolute Gasteiger partial charge is 0.419 e. The lowest BCUT2D eigenvalue weighted by atomic mass is 9.86. The van der Waals surface area contributed by atoms with Gasteiger partial charge in [0.05, 0.1) is 42.5 Å². The Morgan fingerprint density at radius 3 is 2.50 bits per heavy atom. The van der Waals surface area contributed by atoms with E-state index < -0.39 is 59.9 Å². The first-order chi connectivity index (χ1) is 18.8. The summed E-state index contributed by atoms with van der Waals surface area (Å²) in [4.78, 5) is 40.6. The van der Waals surface area contributed by atoms with Crippen molar-refractivity contribution in [2.24, 2.45) is 16.5 Å². The van der Waals surface area contributed by atoms with E-state index in [2.05, 4.69) is 20.7 Å². The van der Waals surface area contributed by atoms with Crippen molar-refractivity contribution in [2.75, 3.05) is 18.4 Å². The number of nitrogens with two attached hydrogens (primary N) is 2. The first kappa shape index (κ1) is 28.3. The number of fused-ring (bicyclic) bond motifs is 1. The molecule has 0 fully saturated rings. The SMILES string of the molecule is NC(=O)c1cc(NC2=NCC(F)CN2)c2cnn(C(C(N)=O)[C@@H](CC(=O)O)c3ccc(F)c(C(F)(F)F)c3)c2c1. The summed E-state index contributed by atoms with van der Waals surface area (Å²) in [6.07, 6.45) is -5.96. The van der Waals surface area contributed by atoms with Crippen molar-refractivity contribution < 1.29 is 41.4 Å². The second-order valence-corrected chi connectivity index (χ2v) is 8.99. The lowest BCUT2D eigenvalue weighted by Gasteiger charge is -2.26. The van der Waals surface area contributed by atoms with E-state index >= 15 is 0 Å². The van der Waals surface area contributed by atoms with Crippen LogP contribution in [0.2, 0.25) is 0 Å². The van der Waals surface area contributed by atoms with Crippen molar-refractivity contribution in [1.82, 2.24) is 15.1 Å². The molecule has 2 heterocycles. The predicted octanol–water partition coefficient (Wildman–Crippen LogP) is 2.29. The van der Waals surface area contributed by atoms with Gasteiger partial charge >= 0.3 is 12.1 Å². The van der Waals surface area contributed by atoms with Crippen molar-refractivity contribution in [3.8, 4) is 0 Å². The third kappa shape index (κ3) is 5.79. The largest absolute Gasteiger partial charge is 0.481 e. The van der Waals surface area contributed by atoms with E-state index in [1.165, 1.54) is 18.3 Å². The van der Waals surface area contributed by atoms with Gasteiger partial charge in [0.15, 0.2) is 5.96 Å². The second-order valence-electron chi connectivity index (χ2n) is 8.99. The van der Waals surface area contributed by atoms with Crippen molar-refractivity contribution in [3.05, 3.63) is 59.0 Å². The molecule has 2 aromatic carbocycles. The molecule has 3 atom stereocenters. The molecule has 11 nitrogen and oxygen atoms in total. The average molecular weight is 567 g/mol. The molecule has 7 N–H and O–H groups in total. The van der Waals surface area contributed by atoms with Crippen LogP contribution in [0, 0.1) is 5.82 Å². The molecular weight excluding hydrogens is 545 g/mol. The number of carboxylic acid groups (broad SMARTS) is 1. The number of carboxylic acids is 1. The van der Waals surface area contributed by atoms with Crippen LogP contribution in [0.3, 0.4) is 0 Å². The Hall–Kier alpha value is -4.76. The molecule has 3 aromatic rings. The number of carbonyl (C=O) groups is 3. The number of halogens is 5. The lowest BCUT2D eigenvalue weighted by Crippen LogP contribution is -2.41. The zero-order chi connectivity index (χ0) is 29.4. The fourth-order valence-electron chi connectivity index (χ4n) is 4.42. The molecular formula is C24H22F5N7O4. The molecule has 1 aliphatic rings. The predicted molar refractivity (Wildman–Crippen MR) is 132 cm³/mol. The monoisotopic (exact) mass is 567 g/mol. The minimum Gasteiger partial charge on any atom is -0.481 e. The van der Waals surface area contributed by atoms with Gasteiger partial charge in [0.1, 0.15) is 18.0 Å². The molecule has 2 unspecified atom stereocenters. The maximum absolute atomic E-state index is 14.0. The molecule has 40 heavy (non-hydrogen) atoms. The first-order valence-corrected chi connectivity index (χ1v) is 11.6. The van der Waals surface area contributed by atoms with Gasteiger partial charge in [0.2, 0.25) is 11.8 Å². The highest BCUT2D eigenvalue weighted by Crippen LogP contribution is 2.39. The number of alkyl halides is 4. The fraction of sp³-hybridized carbons (Fsp3) is 0.292. The van der Waals surface area contributed by atoms with Crippen molar-refractivity contribution in [2.45, 2.75) is 30.7 Å². The number of rotatable bonds is 8. The van der Waals surface area contributed by atoms with E-state index in [-0.39, 0.29) is 46.8 Å². The summed E-state index contributed by atoms with van der Waals surface area (Å²) in [7, 11) is 0. The number of amides is 2. The van der Waals surface area contributed by atoms with Crippen LogP contribution < -0.4 is 22.1 Å². The fourth-order valence-corrected chi connectivity index (χ4v) is 4.42. The molecule has 0 saturated carbocycles. The van der Waals surface area contributed by atoms with Gasteiger partial charge in [0.25, 0.3) is 0 Å². The summed E-state index contributed by atoms with van der Waals surface area (Å²) in [6.45, 7) is -0.173. The Morgan fingerprint density at radius 1 is 1.20 bits per heavy atom. The number of aromatic nitrogens is 2. The van der Waals surface area contributed by atoms with Gasteiger partial charge < -0.3 is 27.2 Å². The van der Waals surface area contributed by atoms with E-state index in [9.17, 15) is 41.4 Å². The number of nitrogens with one attached hydrogen (secondary N) is 2. The molecule has 212 valence electrons. The van der Waals surface area contributed by atoms with Gasteiger partial charge in [-0.15, -0.1) is 0 Å². The second kappa shape index (κ2) is 10.8. The van der Waals surface area contributed by atoms with E-state index in [0.29, 0.717) is 12.1 Å². The number of carbonyl (C=O) groups excluding carboxylic acids is 2. The highest BCUT2D eigenvalue weighted by molar-refractivity contribution is 6.07. The van der Waals surface area contributed by atoms with Crippen LogP contribution in [0.25, 0.3) is 10.9 Å². The third-order valence-electron chi connectivity index (χ3n) is 6.25. The van der Waals surface area contributed by atoms with Crippen molar-refractivity contribution in [1.29, 1.82) is 0 Å². The zero-order valence-electron chi connectivity index (χ0n) is 20.4. The average Bonchev–Trinajstić information content (AvgIpc) is 3.28. The minimum atomic E-state index is -5.11. The Kier molecular flexibility index (Phi) is 7.61. The molecule has 16 heteroatoms. The molecule has 0 bridgehead atoms. The number of primary amides is 2. The first-order valence-electron chi connectivity index (χ1n) is 11.6. The number of anilines is 1.